The van der Waals surface area contributed by atoms with Gasteiger partial charge in [-0.05, 0) is 55.3 Å². The molecule has 0 aromatic heterocycles. The Kier molecular flexibility index (Phi) is 6.01. The van der Waals surface area contributed by atoms with E-state index < -0.39 is 0 Å². The Morgan fingerprint density at radius 2 is 1.86 bits per heavy atom. The van der Waals surface area contributed by atoms with Crippen molar-refractivity contribution in [3.05, 3.63) is 34.9 Å². The first-order valence-corrected chi connectivity index (χ1v) is 7.68. The van der Waals surface area contributed by atoms with Gasteiger partial charge in [-0.2, -0.15) is 10.5 Å². The minimum Gasteiger partial charge on any atom is -0.497 e. The smallest absolute Gasteiger partial charge is 0.130 e. The normalized spacial score (nSPS) is 15.2. The number of hydrogen-bond acceptors (Lipinski definition) is 4. The van der Waals surface area contributed by atoms with Crippen molar-refractivity contribution in [1.29, 1.82) is 10.5 Å². The zero-order chi connectivity index (χ0) is 15.8. The minimum absolute atomic E-state index is 0.127. The van der Waals surface area contributed by atoms with Gasteiger partial charge in [-0.25, -0.2) is 0 Å². The third-order valence-corrected chi connectivity index (χ3v) is 3.98. The fourth-order valence-electron chi connectivity index (χ4n) is 2.77. The molecule has 1 heterocycles. The van der Waals surface area contributed by atoms with Gasteiger partial charge in [0, 0.05) is 6.54 Å². The number of benzene rings is 1. The van der Waals surface area contributed by atoms with Crippen LogP contribution in [0.1, 0.15) is 36.8 Å². The molecule has 0 aliphatic carbocycles. The number of allylic oxidation sites excluding steroid dienone is 1. The molecule has 1 aliphatic rings. The largest absolute Gasteiger partial charge is 0.497 e. The van der Waals surface area contributed by atoms with Crippen LogP contribution in [0.4, 0.5) is 0 Å². The molecule has 4 heteroatoms. The Bertz CT molecular complexity index is 598. The maximum atomic E-state index is 8.96. The maximum absolute atomic E-state index is 8.96. The molecule has 1 saturated heterocycles. The van der Waals surface area contributed by atoms with E-state index in [9.17, 15) is 0 Å². The Morgan fingerprint density at radius 3 is 2.45 bits per heavy atom. The molecule has 0 N–H and O–H groups in total. The fourth-order valence-corrected chi connectivity index (χ4v) is 2.77. The monoisotopic (exact) mass is 295 g/mol. The van der Waals surface area contributed by atoms with Crippen LogP contribution in [0, 0.1) is 22.7 Å². The highest BCUT2D eigenvalue weighted by molar-refractivity contribution is 5.65. The average molecular weight is 295 g/mol. The van der Waals surface area contributed by atoms with Gasteiger partial charge < -0.3 is 4.74 Å². The zero-order valence-corrected chi connectivity index (χ0v) is 13.0. The number of rotatable bonds is 4. The molecule has 0 bridgehead atoms. The molecule has 114 valence electrons. The Labute approximate surface area is 132 Å². The van der Waals surface area contributed by atoms with Crippen molar-refractivity contribution in [3.63, 3.8) is 0 Å². The van der Waals surface area contributed by atoms with Gasteiger partial charge in [-0.1, -0.05) is 18.9 Å². The third kappa shape index (κ3) is 4.35. The van der Waals surface area contributed by atoms with Crippen molar-refractivity contribution >= 4 is 6.08 Å². The standard InChI is InChI=1S/C18H21N3O/c1-22-18-7-6-16(10-15(12-19)13-20)17(11-18)14-21-8-4-2-3-5-9-21/h6-7,10-11H,2-5,8-9,14H2,1H3. The van der Waals surface area contributed by atoms with Crippen LogP contribution < -0.4 is 4.74 Å². The summed E-state index contributed by atoms with van der Waals surface area (Å²) in [5.74, 6) is 0.803. The van der Waals surface area contributed by atoms with Crippen LogP contribution in [-0.2, 0) is 6.54 Å². The van der Waals surface area contributed by atoms with Gasteiger partial charge in [-0.15, -0.1) is 0 Å². The van der Waals surface area contributed by atoms with Gasteiger partial charge in [0.2, 0.25) is 0 Å². The van der Waals surface area contributed by atoms with Gasteiger partial charge in [0.05, 0.1) is 7.11 Å². The summed E-state index contributed by atoms with van der Waals surface area (Å²) < 4.78 is 5.31. The van der Waals surface area contributed by atoms with Crippen LogP contribution in [-0.4, -0.2) is 25.1 Å². The number of ether oxygens (including phenoxy) is 1. The highest BCUT2D eigenvalue weighted by Gasteiger charge is 2.12. The lowest BCUT2D eigenvalue weighted by Gasteiger charge is -2.21. The highest BCUT2D eigenvalue weighted by Crippen LogP contribution is 2.23. The molecule has 0 atom stereocenters. The van der Waals surface area contributed by atoms with E-state index in [4.69, 9.17) is 15.3 Å². The molecule has 1 aromatic rings. The molecule has 0 radical (unpaired) electrons. The Hall–Kier alpha value is -2.30. The predicted molar refractivity (Wildman–Crippen MR) is 85.9 cm³/mol. The lowest BCUT2D eigenvalue weighted by Crippen LogP contribution is -2.24. The van der Waals surface area contributed by atoms with Crippen molar-refractivity contribution in [2.24, 2.45) is 0 Å². The number of methoxy groups -OCH3 is 1. The number of likely N-dealkylation sites (tertiary alicyclic amines) is 1. The third-order valence-electron chi connectivity index (χ3n) is 3.98. The molecule has 0 saturated carbocycles. The van der Waals surface area contributed by atoms with Crippen LogP contribution in [0.25, 0.3) is 6.08 Å². The van der Waals surface area contributed by atoms with Crippen molar-refractivity contribution in [3.8, 4) is 17.9 Å². The molecule has 2 rings (SSSR count). The molecular weight excluding hydrogens is 274 g/mol. The molecule has 0 unspecified atom stereocenters. The molecular formula is C18H21N3O. The van der Waals surface area contributed by atoms with Crippen molar-refractivity contribution in [1.82, 2.24) is 4.90 Å². The lowest BCUT2D eigenvalue weighted by atomic mass is 10.0. The number of hydrogen-bond donors (Lipinski definition) is 0. The second kappa shape index (κ2) is 8.22. The SMILES string of the molecule is COc1ccc(C=C(C#N)C#N)c(CN2CCCCCC2)c1. The molecule has 22 heavy (non-hydrogen) atoms. The van der Waals surface area contributed by atoms with Crippen LogP contribution in [0.15, 0.2) is 23.8 Å². The summed E-state index contributed by atoms with van der Waals surface area (Å²) in [7, 11) is 1.65. The van der Waals surface area contributed by atoms with Crippen molar-refractivity contribution in [2.75, 3.05) is 20.2 Å². The first-order chi connectivity index (χ1) is 10.8. The summed E-state index contributed by atoms with van der Waals surface area (Å²) in [6.07, 6.45) is 6.73. The van der Waals surface area contributed by atoms with Crippen LogP contribution >= 0.6 is 0 Å². The average Bonchev–Trinajstić information content (AvgIpc) is 2.82. The quantitative estimate of drug-likeness (QED) is 0.798. The minimum atomic E-state index is 0.127. The molecule has 1 fully saturated rings. The first kappa shape index (κ1) is 16.1. The van der Waals surface area contributed by atoms with Crippen molar-refractivity contribution < 1.29 is 4.74 Å². The second-order valence-corrected chi connectivity index (χ2v) is 5.54. The Balaban J connectivity index is 2.28. The fraction of sp³-hybridized carbons (Fsp3) is 0.444. The summed E-state index contributed by atoms with van der Waals surface area (Å²) in [5.41, 5.74) is 2.15. The van der Waals surface area contributed by atoms with E-state index in [-0.39, 0.29) is 5.57 Å². The van der Waals surface area contributed by atoms with E-state index in [2.05, 4.69) is 4.90 Å². The van der Waals surface area contributed by atoms with Crippen LogP contribution in [0.3, 0.4) is 0 Å². The molecule has 0 spiro atoms. The summed E-state index contributed by atoms with van der Waals surface area (Å²) in [6.45, 7) is 3.03. The Morgan fingerprint density at radius 1 is 1.18 bits per heavy atom. The van der Waals surface area contributed by atoms with E-state index in [1.165, 1.54) is 25.7 Å². The van der Waals surface area contributed by atoms with E-state index in [1.54, 1.807) is 13.2 Å². The van der Waals surface area contributed by atoms with Gasteiger partial charge in [0.1, 0.15) is 23.5 Å². The van der Waals surface area contributed by atoms with E-state index >= 15 is 0 Å². The van der Waals surface area contributed by atoms with E-state index in [1.807, 2.05) is 30.3 Å². The topological polar surface area (TPSA) is 60.0 Å². The molecule has 0 amide bonds. The van der Waals surface area contributed by atoms with E-state index in [0.29, 0.717) is 0 Å². The molecule has 1 aliphatic heterocycles. The van der Waals surface area contributed by atoms with Crippen LogP contribution in [0.5, 0.6) is 5.75 Å². The summed E-state index contributed by atoms with van der Waals surface area (Å²) >= 11 is 0. The summed E-state index contributed by atoms with van der Waals surface area (Å²) in [6, 6.07) is 9.64. The van der Waals surface area contributed by atoms with Gasteiger partial charge in [0.15, 0.2) is 0 Å². The number of nitrogens with zero attached hydrogens (tertiary/aromatic N) is 3. The highest BCUT2D eigenvalue weighted by atomic mass is 16.5. The van der Waals surface area contributed by atoms with E-state index in [0.717, 1.165) is 36.5 Å². The number of nitriles is 2. The predicted octanol–water partition coefficient (Wildman–Crippen LogP) is 3.50. The first-order valence-electron chi connectivity index (χ1n) is 7.68. The zero-order valence-electron chi connectivity index (χ0n) is 13.0. The van der Waals surface area contributed by atoms with Gasteiger partial charge in [0.25, 0.3) is 0 Å². The summed E-state index contributed by atoms with van der Waals surface area (Å²) in [4.78, 5) is 2.44. The maximum Gasteiger partial charge on any atom is 0.130 e. The lowest BCUT2D eigenvalue weighted by molar-refractivity contribution is 0.276. The van der Waals surface area contributed by atoms with Crippen molar-refractivity contribution in [2.45, 2.75) is 32.2 Å². The van der Waals surface area contributed by atoms with Crippen LogP contribution in [0.2, 0.25) is 0 Å². The molecule has 4 nitrogen and oxygen atoms in total. The second-order valence-electron chi connectivity index (χ2n) is 5.54. The summed E-state index contributed by atoms with van der Waals surface area (Å²) in [5, 5.41) is 17.9. The molecule has 1 aromatic carbocycles. The van der Waals surface area contributed by atoms with Gasteiger partial charge >= 0.3 is 0 Å². The van der Waals surface area contributed by atoms with Gasteiger partial charge in [-0.3, -0.25) is 4.90 Å².